The molecule has 176 valence electrons. The molecule has 0 amide bonds. The molecule has 0 atom stereocenters. The Kier molecular flexibility index (Phi) is 9.80. The van der Waals surface area contributed by atoms with E-state index in [4.69, 9.17) is 9.47 Å². The number of thiazole rings is 1. The lowest BCUT2D eigenvalue weighted by molar-refractivity contribution is 0.0322. The van der Waals surface area contributed by atoms with E-state index in [9.17, 15) is 4.79 Å². The molecule has 33 heavy (non-hydrogen) atoms. The van der Waals surface area contributed by atoms with Gasteiger partial charge in [0.2, 0.25) is 0 Å². The van der Waals surface area contributed by atoms with Crippen molar-refractivity contribution >= 4 is 28.5 Å². The van der Waals surface area contributed by atoms with Crippen LogP contribution < -0.4 is 10.3 Å². The molecule has 0 bridgehead atoms. The largest absolute Gasteiger partial charge is 0.492 e. The van der Waals surface area contributed by atoms with Gasteiger partial charge in [0.1, 0.15) is 12.4 Å². The molecule has 1 saturated heterocycles. The molecule has 0 spiro atoms. The van der Waals surface area contributed by atoms with Crippen molar-refractivity contribution in [1.82, 2.24) is 14.9 Å². The van der Waals surface area contributed by atoms with Gasteiger partial charge in [-0.15, -0.1) is 11.3 Å². The van der Waals surface area contributed by atoms with Crippen molar-refractivity contribution < 1.29 is 9.47 Å². The van der Waals surface area contributed by atoms with Crippen molar-refractivity contribution in [2.24, 2.45) is 4.99 Å². The summed E-state index contributed by atoms with van der Waals surface area (Å²) in [5.74, 6) is 0.752. The van der Waals surface area contributed by atoms with Crippen LogP contribution in [0.2, 0.25) is 0 Å². The first-order chi connectivity index (χ1) is 16.2. The maximum atomic E-state index is 12.7. The van der Waals surface area contributed by atoms with Gasteiger partial charge in [-0.2, -0.15) is 0 Å². The van der Waals surface area contributed by atoms with Crippen molar-refractivity contribution in [1.29, 1.82) is 0 Å². The lowest BCUT2D eigenvalue weighted by atomic mass is 10.1. The molecular weight excluding hydrogens is 436 g/mol. The number of morpholine rings is 1. The number of nitrogens with one attached hydrogen (secondary N) is 1. The van der Waals surface area contributed by atoms with Crippen molar-refractivity contribution in [3.8, 4) is 17.0 Å². The Hall–Kier alpha value is -2.81. The number of hydrogen-bond donors (Lipinski definition) is 1. The Labute approximate surface area is 198 Å². The van der Waals surface area contributed by atoms with E-state index < -0.39 is 0 Å². The molecule has 7 nitrogen and oxygen atoms in total. The fourth-order valence-electron chi connectivity index (χ4n) is 3.41. The summed E-state index contributed by atoms with van der Waals surface area (Å²) < 4.78 is 11.3. The smallest absolute Gasteiger partial charge is 0.257 e. The highest BCUT2D eigenvalue weighted by Crippen LogP contribution is 2.24. The highest BCUT2D eigenvalue weighted by Gasteiger charge is 2.12. The topological polar surface area (TPSA) is 79.8 Å². The van der Waals surface area contributed by atoms with E-state index in [2.05, 4.69) is 19.9 Å². The third-order valence-electron chi connectivity index (χ3n) is 5.06. The minimum atomic E-state index is -0.152. The van der Waals surface area contributed by atoms with Crippen LogP contribution in [-0.2, 0) is 11.2 Å². The molecule has 1 fully saturated rings. The first-order valence-corrected chi connectivity index (χ1v) is 12.3. The Morgan fingerprint density at radius 2 is 2.09 bits per heavy atom. The average Bonchev–Trinajstić information content (AvgIpc) is 3.32. The van der Waals surface area contributed by atoms with Crippen LogP contribution in [0, 0.1) is 0 Å². The highest BCUT2D eigenvalue weighted by molar-refractivity contribution is 7.10. The molecule has 2 aromatic heterocycles. The van der Waals surface area contributed by atoms with E-state index >= 15 is 0 Å². The first kappa shape index (κ1) is 24.8. The molecule has 1 N–H and O–H groups in total. The molecule has 0 unspecified atom stereocenters. The Morgan fingerprint density at radius 3 is 2.88 bits per heavy atom. The van der Waals surface area contributed by atoms with Gasteiger partial charge >= 0.3 is 0 Å². The fourth-order valence-corrected chi connectivity index (χ4v) is 4.18. The summed E-state index contributed by atoms with van der Waals surface area (Å²) in [6.07, 6.45) is 6.13. The Morgan fingerprint density at radius 1 is 1.27 bits per heavy atom. The van der Waals surface area contributed by atoms with Gasteiger partial charge in [0.15, 0.2) is 0 Å². The van der Waals surface area contributed by atoms with Crippen LogP contribution in [-0.4, -0.2) is 60.5 Å². The second-order valence-electron chi connectivity index (χ2n) is 7.19. The zero-order valence-corrected chi connectivity index (χ0v) is 20.4. The number of aromatic amines is 1. The monoisotopic (exact) mass is 468 g/mol. The van der Waals surface area contributed by atoms with Crippen LogP contribution in [0.15, 0.2) is 51.7 Å². The number of H-pyrrole nitrogens is 1. The Bertz CT molecular complexity index is 1130. The van der Waals surface area contributed by atoms with Crippen LogP contribution in [0.25, 0.3) is 22.2 Å². The first-order valence-electron chi connectivity index (χ1n) is 11.4. The average molecular weight is 469 g/mol. The predicted octanol–water partition coefficient (Wildman–Crippen LogP) is 4.54. The van der Waals surface area contributed by atoms with Gasteiger partial charge in [0, 0.05) is 49.9 Å². The SMILES string of the molecule is CC.CC=N/C=C\Cc1nc(-c2cc3ccc(OCCN4CCOCC4)cc3[nH]c2=O)cs1. The molecule has 4 rings (SSSR count). The lowest BCUT2D eigenvalue weighted by Gasteiger charge is -2.26. The second-order valence-corrected chi connectivity index (χ2v) is 8.13. The van der Waals surface area contributed by atoms with Gasteiger partial charge < -0.3 is 14.5 Å². The molecule has 0 aliphatic carbocycles. The van der Waals surface area contributed by atoms with Crippen LogP contribution in [0.3, 0.4) is 0 Å². The van der Waals surface area contributed by atoms with Gasteiger partial charge in [-0.1, -0.05) is 19.9 Å². The fraction of sp³-hybridized carbons (Fsp3) is 0.400. The molecule has 1 aromatic carbocycles. The van der Waals surface area contributed by atoms with Crippen LogP contribution in [0.5, 0.6) is 5.75 Å². The molecule has 3 heterocycles. The van der Waals surface area contributed by atoms with E-state index in [-0.39, 0.29) is 5.56 Å². The van der Waals surface area contributed by atoms with E-state index in [1.54, 1.807) is 23.8 Å². The summed E-state index contributed by atoms with van der Waals surface area (Å²) in [5, 5.41) is 3.81. The number of ether oxygens (including phenoxy) is 2. The van der Waals surface area contributed by atoms with Gasteiger partial charge in [-0.3, -0.25) is 14.7 Å². The third-order valence-corrected chi connectivity index (χ3v) is 5.93. The maximum absolute atomic E-state index is 12.7. The molecule has 1 aliphatic heterocycles. The minimum absolute atomic E-state index is 0.152. The normalized spacial score (nSPS) is 14.6. The molecule has 0 radical (unpaired) electrons. The number of aliphatic imine (C=N–C) groups is 1. The summed E-state index contributed by atoms with van der Waals surface area (Å²) in [4.78, 5) is 26.6. The maximum Gasteiger partial charge on any atom is 0.257 e. The zero-order chi connectivity index (χ0) is 23.5. The number of allylic oxidation sites excluding steroid dienone is 1. The highest BCUT2D eigenvalue weighted by atomic mass is 32.1. The number of rotatable bonds is 8. The number of pyridine rings is 1. The number of fused-ring (bicyclic) bond motifs is 1. The van der Waals surface area contributed by atoms with E-state index in [0.29, 0.717) is 24.3 Å². The van der Waals surface area contributed by atoms with Crippen molar-refractivity contribution in [2.45, 2.75) is 27.2 Å². The van der Waals surface area contributed by atoms with Crippen molar-refractivity contribution in [2.75, 3.05) is 39.5 Å². The van der Waals surface area contributed by atoms with Crippen LogP contribution in [0.1, 0.15) is 25.8 Å². The van der Waals surface area contributed by atoms with E-state index in [1.165, 1.54) is 0 Å². The second kappa shape index (κ2) is 13.0. The van der Waals surface area contributed by atoms with Gasteiger partial charge in [0.25, 0.3) is 5.56 Å². The number of hydrogen-bond acceptors (Lipinski definition) is 7. The van der Waals surface area contributed by atoms with E-state index in [0.717, 1.165) is 54.5 Å². The summed E-state index contributed by atoms with van der Waals surface area (Å²) in [6, 6.07) is 7.68. The minimum Gasteiger partial charge on any atom is -0.492 e. The summed E-state index contributed by atoms with van der Waals surface area (Å²) in [7, 11) is 0. The van der Waals surface area contributed by atoms with Gasteiger partial charge in [0.05, 0.1) is 35.0 Å². The zero-order valence-electron chi connectivity index (χ0n) is 19.5. The summed E-state index contributed by atoms with van der Waals surface area (Å²) in [6.45, 7) is 10.8. The quantitative estimate of drug-likeness (QED) is 0.491. The van der Waals surface area contributed by atoms with Crippen LogP contribution >= 0.6 is 11.3 Å². The Balaban J connectivity index is 0.00000149. The standard InChI is InChI=1S/C23H26N4O3S.C2H6/c1-2-24-7-3-4-22-25-21(16-31-22)19-14-17-5-6-18(15-20(17)26-23(19)28)30-13-10-27-8-11-29-12-9-27;1-2/h2-3,5-7,14-16H,4,8-13H2,1H3,(H,26,28);1-2H3/b7-3-,24-2?;. The third kappa shape index (κ3) is 7.08. The van der Waals surface area contributed by atoms with Gasteiger partial charge in [-0.25, -0.2) is 4.98 Å². The molecule has 3 aromatic rings. The predicted molar refractivity (Wildman–Crippen MR) is 137 cm³/mol. The van der Waals surface area contributed by atoms with Gasteiger partial charge in [-0.05, 0) is 30.5 Å². The molecular formula is C25H32N4O3S. The van der Waals surface area contributed by atoms with Crippen molar-refractivity contribution in [3.05, 3.63) is 57.3 Å². The summed E-state index contributed by atoms with van der Waals surface area (Å²) in [5.41, 5.74) is 1.88. The van der Waals surface area contributed by atoms with Crippen molar-refractivity contribution in [3.63, 3.8) is 0 Å². The van der Waals surface area contributed by atoms with Crippen LogP contribution in [0.4, 0.5) is 0 Å². The number of benzene rings is 1. The molecule has 0 saturated carbocycles. The number of aromatic nitrogens is 2. The lowest BCUT2D eigenvalue weighted by Crippen LogP contribution is -2.38. The summed E-state index contributed by atoms with van der Waals surface area (Å²) >= 11 is 1.54. The van der Waals surface area contributed by atoms with E-state index in [1.807, 2.05) is 56.5 Å². The number of nitrogens with zero attached hydrogens (tertiary/aromatic N) is 3. The molecule has 1 aliphatic rings. The molecule has 8 heteroatoms.